The number of rotatable bonds is 5. The summed E-state index contributed by atoms with van der Waals surface area (Å²) in [6, 6.07) is 7.05. The minimum absolute atomic E-state index is 0.148. The summed E-state index contributed by atoms with van der Waals surface area (Å²) < 4.78 is 5.10. The normalized spacial score (nSPS) is 18.3. The maximum absolute atomic E-state index is 12.3. The molecule has 24 heavy (non-hydrogen) atoms. The van der Waals surface area contributed by atoms with Crippen LogP contribution in [-0.4, -0.2) is 36.0 Å². The van der Waals surface area contributed by atoms with Gasteiger partial charge in [-0.1, -0.05) is 6.92 Å². The molecule has 1 atom stereocenters. The molecule has 3 rings (SSSR count). The summed E-state index contributed by atoms with van der Waals surface area (Å²) in [5.41, 5.74) is 1.62. The van der Waals surface area contributed by atoms with Crippen molar-refractivity contribution >= 4 is 22.4 Å². The lowest BCUT2D eigenvalue weighted by atomic mass is 10.0. The van der Waals surface area contributed by atoms with Crippen molar-refractivity contribution in [3.8, 4) is 5.75 Å². The number of piperidine rings is 1. The van der Waals surface area contributed by atoms with Gasteiger partial charge in [0.25, 0.3) is 5.91 Å². The average molecular weight is 345 g/mol. The quantitative estimate of drug-likeness (QED) is 0.899. The van der Waals surface area contributed by atoms with Crippen LogP contribution in [0.5, 0.6) is 5.75 Å². The van der Waals surface area contributed by atoms with Crippen LogP contribution in [-0.2, 0) is 6.54 Å². The Labute approximate surface area is 146 Å². The van der Waals surface area contributed by atoms with Crippen molar-refractivity contribution in [1.29, 1.82) is 0 Å². The fraction of sp³-hybridized carbons (Fsp3) is 0.444. The molecule has 1 fully saturated rings. The van der Waals surface area contributed by atoms with Crippen LogP contribution in [0.25, 0.3) is 0 Å². The lowest BCUT2D eigenvalue weighted by molar-refractivity contribution is 0.102. The number of aromatic nitrogens is 1. The third-order valence-corrected chi connectivity index (χ3v) is 5.06. The van der Waals surface area contributed by atoms with Crippen molar-refractivity contribution in [3.63, 3.8) is 0 Å². The lowest BCUT2D eigenvalue weighted by Crippen LogP contribution is -2.33. The molecule has 1 unspecified atom stereocenters. The van der Waals surface area contributed by atoms with Gasteiger partial charge in [-0.2, -0.15) is 0 Å². The van der Waals surface area contributed by atoms with Crippen molar-refractivity contribution < 1.29 is 9.53 Å². The number of ether oxygens (including phenoxy) is 1. The SMILES string of the molecule is COc1ccc(C(=O)Nc2nc(CN3CCCC(C)C3)cs2)cc1. The third kappa shape index (κ3) is 4.33. The standard InChI is InChI=1S/C18H23N3O2S/c1-13-4-3-9-21(10-13)11-15-12-24-18(19-15)20-17(22)14-5-7-16(23-2)8-6-14/h5-8,12-13H,3-4,9-11H2,1-2H3,(H,19,20,22). The second-order valence-electron chi connectivity index (χ2n) is 6.31. The van der Waals surface area contributed by atoms with Crippen molar-refractivity contribution in [2.75, 3.05) is 25.5 Å². The molecule has 2 aromatic rings. The van der Waals surface area contributed by atoms with E-state index >= 15 is 0 Å². The van der Waals surface area contributed by atoms with E-state index in [4.69, 9.17) is 4.74 Å². The van der Waals surface area contributed by atoms with Crippen LogP contribution in [0.1, 0.15) is 35.8 Å². The van der Waals surface area contributed by atoms with Gasteiger partial charge in [0.05, 0.1) is 12.8 Å². The molecule has 1 aromatic heterocycles. The smallest absolute Gasteiger partial charge is 0.257 e. The summed E-state index contributed by atoms with van der Waals surface area (Å²) >= 11 is 1.48. The van der Waals surface area contributed by atoms with Crippen molar-refractivity contribution in [2.45, 2.75) is 26.3 Å². The predicted molar refractivity (Wildman–Crippen MR) is 96.7 cm³/mol. The predicted octanol–water partition coefficient (Wildman–Crippen LogP) is 3.64. The largest absolute Gasteiger partial charge is 0.497 e. The lowest BCUT2D eigenvalue weighted by Gasteiger charge is -2.30. The number of amides is 1. The molecule has 6 heteroatoms. The Bertz CT molecular complexity index is 684. The van der Waals surface area contributed by atoms with Gasteiger partial charge >= 0.3 is 0 Å². The zero-order chi connectivity index (χ0) is 16.9. The molecule has 1 N–H and O–H groups in total. The zero-order valence-corrected chi connectivity index (χ0v) is 14.9. The van der Waals surface area contributed by atoms with Gasteiger partial charge in [0.1, 0.15) is 5.75 Å². The van der Waals surface area contributed by atoms with Crippen molar-refractivity contribution in [1.82, 2.24) is 9.88 Å². The molecule has 1 amide bonds. The maximum Gasteiger partial charge on any atom is 0.257 e. The molecule has 0 radical (unpaired) electrons. The molecule has 5 nitrogen and oxygen atoms in total. The van der Waals surface area contributed by atoms with Crippen molar-refractivity contribution in [2.24, 2.45) is 5.92 Å². The minimum atomic E-state index is -0.148. The highest BCUT2D eigenvalue weighted by molar-refractivity contribution is 7.13. The Morgan fingerprint density at radius 1 is 1.42 bits per heavy atom. The Morgan fingerprint density at radius 3 is 2.92 bits per heavy atom. The highest BCUT2D eigenvalue weighted by Gasteiger charge is 2.17. The van der Waals surface area contributed by atoms with Crippen molar-refractivity contribution in [3.05, 3.63) is 40.9 Å². The van der Waals surface area contributed by atoms with Gasteiger partial charge in [0.2, 0.25) is 0 Å². The van der Waals surface area contributed by atoms with E-state index in [2.05, 4.69) is 22.1 Å². The molecule has 0 bridgehead atoms. The first-order valence-corrected chi connectivity index (χ1v) is 9.14. The number of nitrogens with one attached hydrogen (secondary N) is 1. The van der Waals surface area contributed by atoms with E-state index < -0.39 is 0 Å². The summed E-state index contributed by atoms with van der Waals surface area (Å²) in [6.45, 7) is 5.42. The molecule has 1 aromatic carbocycles. The Kier molecular flexibility index (Phi) is 5.48. The van der Waals surface area contributed by atoms with Gasteiger partial charge in [-0.25, -0.2) is 4.98 Å². The van der Waals surface area contributed by atoms with Gasteiger partial charge in [-0.05, 0) is 49.6 Å². The monoisotopic (exact) mass is 345 g/mol. The first-order valence-electron chi connectivity index (χ1n) is 8.26. The molecule has 2 heterocycles. The van der Waals surface area contributed by atoms with Gasteiger partial charge in [0, 0.05) is 24.0 Å². The van der Waals surface area contributed by atoms with E-state index in [9.17, 15) is 4.79 Å². The number of carbonyl (C=O) groups excluding carboxylic acids is 1. The van der Waals surface area contributed by atoms with E-state index in [1.54, 1.807) is 31.4 Å². The van der Waals surface area contributed by atoms with Gasteiger partial charge < -0.3 is 4.74 Å². The topological polar surface area (TPSA) is 54.5 Å². The zero-order valence-electron chi connectivity index (χ0n) is 14.1. The highest BCUT2D eigenvalue weighted by atomic mass is 32.1. The number of methoxy groups -OCH3 is 1. The van der Waals surface area contributed by atoms with Crippen LogP contribution in [0, 0.1) is 5.92 Å². The summed E-state index contributed by atoms with van der Waals surface area (Å²) in [4.78, 5) is 19.3. The Hall–Kier alpha value is -1.92. The first kappa shape index (κ1) is 16.9. The van der Waals surface area contributed by atoms with Gasteiger partial charge in [-0.15, -0.1) is 11.3 Å². The molecule has 128 valence electrons. The average Bonchev–Trinajstić information content (AvgIpc) is 3.02. The van der Waals surface area contributed by atoms with E-state index in [0.29, 0.717) is 10.7 Å². The number of hydrogen-bond acceptors (Lipinski definition) is 5. The fourth-order valence-electron chi connectivity index (χ4n) is 3.01. The molecule has 1 aliphatic heterocycles. The number of likely N-dealkylation sites (tertiary alicyclic amines) is 1. The number of thiazole rings is 1. The summed E-state index contributed by atoms with van der Waals surface area (Å²) in [5.74, 6) is 1.34. The number of carbonyl (C=O) groups is 1. The summed E-state index contributed by atoms with van der Waals surface area (Å²) in [7, 11) is 1.61. The molecular formula is C18H23N3O2S. The molecule has 1 aliphatic rings. The second kappa shape index (κ2) is 7.77. The van der Waals surface area contributed by atoms with Gasteiger partial charge in [0.15, 0.2) is 5.13 Å². The molecule has 0 aliphatic carbocycles. The van der Waals surface area contributed by atoms with E-state index in [-0.39, 0.29) is 5.91 Å². The molecule has 0 saturated carbocycles. The van der Waals surface area contributed by atoms with Crippen LogP contribution in [0.15, 0.2) is 29.6 Å². The van der Waals surface area contributed by atoms with Crippen LogP contribution < -0.4 is 10.1 Å². The number of nitrogens with zero attached hydrogens (tertiary/aromatic N) is 2. The highest BCUT2D eigenvalue weighted by Crippen LogP contribution is 2.21. The second-order valence-corrected chi connectivity index (χ2v) is 7.17. The molecular weight excluding hydrogens is 322 g/mol. The molecule has 0 spiro atoms. The van der Waals surface area contributed by atoms with Crippen LogP contribution >= 0.6 is 11.3 Å². The maximum atomic E-state index is 12.3. The van der Waals surface area contributed by atoms with Crippen LogP contribution in [0.3, 0.4) is 0 Å². The summed E-state index contributed by atoms with van der Waals surface area (Å²) in [6.07, 6.45) is 2.57. The minimum Gasteiger partial charge on any atom is -0.497 e. The van der Waals surface area contributed by atoms with Gasteiger partial charge in [-0.3, -0.25) is 15.0 Å². The van der Waals surface area contributed by atoms with E-state index in [1.807, 2.05) is 5.38 Å². The Balaban J connectivity index is 1.57. The number of anilines is 1. The summed E-state index contributed by atoms with van der Waals surface area (Å²) in [5, 5.41) is 5.55. The first-order chi connectivity index (χ1) is 11.6. The van der Waals surface area contributed by atoms with Crippen LogP contribution in [0.2, 0.25) is 0 Å². The fourth-order valence-corrected chi connectivity index (χ4v) is 3.70. The number of hydrogen-bond donors (Lipinski definition) is 1. The van der Waals surface area contributed by atoms with Crippen LogP contribution in [0.4, 0.5) is 5.13 Å². The van der Waals surface area contributed by atoms with E-state index in [1.165, 1.54) is 24.2 Å². The van der Waals surface area contributed by atoms with E-state index in [0.717, 1.165) is 37.0 Å². The Morgan fingerprint density at radius 2 is 2.21 bits per heavy atom. The molecule has 1 saturated heterocycles. The third-order valence-electron chi connectivity index (χ3n) is 4.25. The number of benzene rings is 1.